The fourth-order valence-electron chi connectivity index (χ4n) is 1.75. The van der Waals surface area contributed by atoms with Crippen LogP contribution in [0.25, 0.3) is 0 Å². The Morgan fingerprint density at radius 1 is 1.25 bits per heavy atom. The number of esters is 1. The molecule has 0 aliphatic carbocycles. The van der Waals surface area contributed by atoms with Gasteiger partial charge in [0.25, 0.3) is 0 Å². The molecule has 0 aliphatic heterocycles. The van der Waals surface area contributed by atoms with Gasteiger partial charge in [0, 0.05) is 29.4 Å². The Balaban J connectivity index is 1.66. The molecule has 0 radical (unpaired) electrons. The highest BCUT2D eigenvalue weighted by Crippen LogP contribution is 2.15. The molecule has 0 bridgehead atoms. The number of aromatic amines is 1. The average molecular weight is 290 g/mol. The Morgan fingerprint density at radius 2 is 2.05 bits per heavy atom. The molecule has 1 aromatic heterocycles. The lowest BCUT2D eigenvalue weighted by Crippen LogP contribution is -2.16. The van der Waals surface area contributed by atoms with Crippen LogP contribution in [0.3, 0.4) is 0 Å². The van der Waals surface area contributed by atoms with E-state index in [2.05, 4.69) is 27.2 Å². The molecule has 5 heteroatoms. The van der Waals surface area contributed by atoms with Crippen molar-refractivity contribution in [3.63, 3.8) is 0 Å². The summed E-state index contributed by atoms with van der Waals surface area (Å²) in [5.41, 5.74) is 1.47. The first-order valence-corrected chi connectivity index (χ1v) is 7.43. The molecule has 0 aliphatic rings. The number of carbonyl (C=O) groups is 1. The van der Waals surface area contributed by atoms with Gasteiger partial charge in [0.15, 0.2) is 0 Å². The maximum atomic E-state index is 11.3. The molecular formula is C15H18N2O2S. The molecule has 2 aromatic rings. The van der Waals surface area contributed by atoms with E-state index in [1.165, 1.54) is 12.0 Å². The van der Waals surface area contributed by atoms with Gasteiger partial charge in [-0.05, 0) is 24.3 Å². The van der Waals surface area contributed by atoms with Gasteiger partial charge < -0.3 is 15.0 Å². The van der Waals surface area contributed by atoms with E-state index in [0.717, 1.165) is 18.0 Å². The van der Waals surface area contributed by atoms with Gasteiger partial charge in [-0.15, -0.1) is 11.8 Å². The van der Waals surface area contributed by atoms with Gasteiger partial charge in [0.05, 0.1) is 7.11 Å². The van der Waals surface area contributed by atoms with Gasteiger partial charge in [-0.2, -0.15) is 0 Å². The highest BCUT2D eigenvalue weighted by molar-refractivity contribution is 7.99. The number of nitrogens with one attached hydrogen (secondary N) is 2. The molecule has 0 fully saturated rings. The molecule has 2 N–H and O–H groups in total. The summed E-state index contributed by atoms with van der Waals surface area (Å²) in [6.07, 6.45) is 0. The summed E-state index contributed by atoms with van der Waals surface area (Å²) in [7, 11) is 1.38. The molecule has 0 unspecified atom stereocenters. The van der Waals surface area contributed by atoms with E-state index < -0.39 is 0 Å². The van der Waals surface area contributed by atoms with Crippen LogP contribution in [-0.4, -0.2) is 30.4 Å². The predicted octanol–water partition coefficient (Wildman–Crippen LogP) is 2.68. The SMILES string of the molecule is COC(=O)c1ccc(CNCCSc2ccccc2)[nH]1. The first kappa shape index (κ1) is 14.7. The minimum Gasteiger partial charge on any atom is -0.464 e. The number of methoxy groups -OCH3 is 1. The van der Waals surface area contributed by atoms with Crippen LogP contribution in [0.1, 0.15) is 16.2 Å². The van der Waals surface area contributed by atoms with Crippen LogP contribution in [0.4, 0.5) is 0 Å². The van der Waals surface area contributed by atoms with Crippen molar-refractivity contribution >= 4 is 17.7 Å². The molecule has 4 nitrogen and oxygen atoms in total. The standard InChI is InChI=1S/C15H18N2O2S/c1-19-15(18)14-8-7-12(17-14)11-16-9-10-20-13-5-3-2-4-6-13/h2-8,16-17H,9-11H2,1H3. The van der Waals surface area contributed by atoms with E-state index in [0.29, 0.717) is 12.2 Å². The van der Waals surface area contributed by atoms with Gasteiger partial charge >= 0.3 is 5.97 Å². The summed E-state index contributed by atoms with van der Waals surface area (Å²) in [6.45, 7) is 1.62. The fraction of sp³-hybridized carbons (Fsp3) is 0.267. The lowest BCUT2D eigenvalue weighted by molar-refractivity contribution is 0.0594. The zero-order chi connectivity index (χ0) is 14.2. The van der Waals surface area contributed by atoms with Crippen LogP contribution in [0.5, 0.6) is 0 Å². The van der Waals surface area contributed by atoms with E-state index >= 15 is 0 Å². The molecule has 0 amide bonds. The molecule has 0 spiro atoms. The Morgan fingerprint density at radius 3 is 2.80 bits per heavy atom. The Hall–Kier alpha value is -1.72. The molecule has 106 valence electrons. The molecule has 0 saturated heterocycles. The van der Waals surface area contributed by atoms with Crippen molar-refractivity contribution in [1.29, 1.82) is 0 Å². The Bertz CT molecular complexity index is 540. The number of H-pyrrole nitrogens is 1. The molecular weight excluding hydrogens is 272 g/mol. The van der Waals surface area contributed by atoms with Crippen LogP contribution < -0.4 is 5.32 Å². The molecule has 0 atom stereocenters. The first-order chi connectivity index (χ1) is 9.79. The van der Waals surface area contributed by atoms with Crippen molar-refractivity contribution in [2.75, 3.05) is 19.4 Å². The highest BCUT2D eigenvalue weighted by atomic mass is 32.2. The quantitative estimate of drug-likeness (QED) is 0.468. The van der Waals surface area contributed by atoms with E-state index in [1.807, 2.05) is 36.0 Å². The summed E-state index contributed by atoms with van der Waals surface area (Å²) in [5.74, 6) is 0.671. The van der Waals surface area contributed by atoms with Gasteiger partial charge in [0.1, 0.15) is 5.69 Å². The van der Waals surface area contributed by atoms with Gasteiger partial charge in [-0.1, -0.05) is 18.2 Å². The number of rotatable bonds is 7. The fourth-order valence-corrected chi connectivity index (χ4v) is 2.58. The third kappa shape index (κ3) is 4.43. The van der Waals surface area contributed by atoms with Gasteiger partial charge in [-0.3, -0.25) is 0 Å². The third-order valence-corrected chi connectivity index (χ3v) is 3.77. The van der Waals surface area contributed by atoms with Crippen molar-refractivity contribution in [3.05, 3.63) is 53.9 Å². The minimum atomic E-state index is -0.337. The zero-order valence-corrected chi connectivity index (χ0v) is 12.2. The Kier molecular flexibility index (Phi) is 5.70. The zero-order valence-electron chi connectivity index (χ0n) is 11.4. The number of hydrogen-bond acceptors (Lipinski definition) is 4. The van der Waals surface area contributed by atoms with Crippen molar-refractivity contribution in [3.8, 4) is 0 Å². The van der Waals surface area contributed by atoms with Crippen molar-refractivity contribution < 1.29 is 9.53 Å². The smallest absolute Gasteiger partial charge is 0.354 e. The van der Waals surface area contributed by atoms with E-state index in [4.69, 9.17) is 0 Å². The second-order valence-electron chi connectivity index (χ2n) is 4.23. The number of ether oxygens (including phenoxy) is 1. The largest absolute Gasteiger partial charge is 0.464 e. The highest BCUT2D eigenvalue weighted by Gasteiger charge is 2.07. The molecule has 20 heavy (non-hydrogen) atoms. The predicted molar refractivity (Wildman–Crippen MR) is 81.0 cm³/mol. The number of hydrogen-bond donors (Lipinski definition) is 2. The lowest BCUT2D eigenvalue weighted by atomic mass is 10.4. The molecule has 1 heterocycles. The minimum absolute atomic E-state index is 0.337. The van der Waals surface area contributed by atoms with Gasteiger partial charge in [-0.25, -0.2) is 4.79 Å². The first-order valence-electron chi connectivity index (χ1n) is 6.44. The van der Waals surface area contributed by atoms with E-state index in [9.17, 15) is 4.79 Å². The summed E-state index contributed by atoms with van der Waals surface area (Å²) in [4.78, 5) is 15.6. The molecule has 1 aromatic carbocycles. The monoisotopic (exact) mass is 290 g/mol. The molecule has 0 saturated carbocycles. The van der Waals surface area contributed by atoms with Gasteiger partial charge in [0.2, 0.25) is 0 Å². The number of carbonyl (C=O) groups excluding carboxylic acids is 1. The number of benzene rings is 1. The summed E-state index contributed by atoms with van der Waals surface area (Å²) in [5, 5.41) is 3.34. The van der Waals surface area contributed by atoms with Crippen molar-refractivity contribution in [1.82, 2.24) is 10.3 Å². The summed E-state index contributed by atoms with van der Waals surface area (Å²) in [6, 6.07) is 14.0. The topological polar surface area (TPSA) is 54.1 Å². The number of aromatic nitrogens is 1. The normalized spacial score (nSPS) is 10.4. The van der Waals surface area contributed by atoms with Crippen LogP contribution in [0.15, 0.2) is 47.4 Å². The second kappa shape index (κ2) is 7.77. The average Bonchev–Trinajstić information content (AvgIpc) is 2.96. The summed E-state index contributed by atoms with van der Waals surface area (Å²) < 4.78 is 4.65. The van der Waals surface area contributed by atoms with Crippen molar-refractivity contribution in [2.45, 2.75) is 11.4 Å². The van der Waals surface area contributed by atoms with Crippen LogP contribution >= 0.6 is 11.8 Å². The lowest BCUT2D eigenvalue weighted by Gasteiger charge is -2.03. The number of thioether (sulfide) groups is 1. The van der Waals surface area contributed by atoms with Crippen LogP contribution in [-0.2, 0) is 11.3 Å². The Labute approximate surface area is 122 Å². The third-order valence-electron chi connectivity index (χ3n) is 2.76. The maximum absolute atomic E-state index is 11.3. The van der Waals surface area contributed by atoms with Crippen LogP contribution in [0.2, 0.25) is 0 Å². The van der Waals surface area contributed by atoms with Crippen molar-refractivity contribution in [2.24, 2.45) is 0 Å². The van der Waals surface area contributed by atoms with E-state index in [-0.39, 0.29) is 5.97 Å². The van der Waals surface area contributed by atoms with E-state index in [1.54, 1.807) is 6.07 Å². The second-order valence-corrected chi connectivity index (χ2v) is 5.40. The van der Waals surface area contributed by atoms with Crippen LogP contribution in [0, 0.1) is 0 Å². The summed E-state index contributed by atoms with van der Waals surface area (Å²) >= 11 is 1.82. The molecule has 2 rings (SSSR count). The maximum Gasteiger partial charge on any atom is 0.354 e.